The van der Waals surface area contributed by atoms with Gasteiger partial charge in [-0.25, -0.2) is 18.7 Å². The number of hydrogen-bond donors (Lipinski definition) is 0. The Kier molecular flexibility index (Phi) is 8.38. The smallest absolute Gasteiger partial charge is 0.349 e. The van der Waals surface area contributed by atoms with E-state index in [1.54, 1.807) is 29.2 Å². The standard InChI is InChI=1S/C33H36ClFN6O2/c1-8-22-14-19(5)30(28(36-22)18(3)4)41-32-24(15-25(34)29(37-32)23-12-10-11-13-26(23)35)31(38-33(41)43)40-17-20(6)39(16-21(40)7)27(42)9-2/h9-15,18,20-21H,2,8,16-17H2,1,3-7H3. The fourth-order valence-corrected chi connectivity index (χ4v) is 6.10. The van der Waals surface area contributed by atoms with Crippen molar-refractivity contribution in [3.8, 4) is 16.9 Å². The first kappa shape index (κ1) is 30.4. The third-order valence-corrected chi connectivity index (χ3v) is 8.33. The molecule has 43 heavy (non-hydrogen) atoms. The molecular weight excluding hydrogens is 567 g/mol. The summed E-state index contributed by atoms with van der Waals surface area (Å²) >= 11 is 6.82. The molecule has 0 spiro atoms. The maximum Gasteiger partial charge on any atom is 0.355 e. The van der Waals surface area contributed by atoms with Gasteiger partial charge in [-0.1, -0.05) is 51.1 Å². The highest BCUT2D eigenvalue weighted by molar-refractivity contribution is 6.33. The van der Waals surface area contributed by atoms with E-state index >= 15 is 4.39 Å². The molecule has 10 heteroatoms. The van der Waals surface area contributed by atoms with E-state index in [9.17, 15) is 9.59 Å². The first-order valence-electron chi connectivity index (χ1n) is 14.5. The van der Waals surface area contributed by atoms with Gasteiger partial charge in [0.05, 0.1) is 27.5 Å². The molecule has 1 amide bonds. The van der Waals surface area contributed by atoms with Crippen LogP contribution in [0.5, 0.6) is 0 Å². The molecule has 1 aliphatic rings. The van der Waals surface area contributed by atoms with Gasteiger partial charge in [-0.05, 0) is 69.0 Å². The van der Waals surface area contributed by atoms with Crippen LogP contribution in [0.1, 0.15) is 57.5 Å². The molecule has 0 aliphatic carbocycles. The summed E-state index contributed by atoms with van der Waals surface area (Å²) in [6, 6.07) is 9.63. The van der Waals surface area contributed by atoms with Crippen molar-refractivity contribution < 1.29 is 9.18 Å². The summed E-state index contributed by atoms with van der Waals surface area (Å²) in [6.07, 6.45) is 2.06. The van der Waals surface area contributed by atoms with Crippen molar-refractivity contribution in [2.24, 2.45) is 0 Å². The zero-order chi connectivity index (χ0) is 31.2. The highest BCUT2D eigenvalue weighted by Crippen LogP contribution is 2.36. The highest BCUT2D eigenvalue weighted by Gasteiger charge is 2.34. The second-order valence-electron chi connectivity index (χ2n) is 11.4. The Morgan fingerprint density at radius 1 is 1.14 bits per heavy atom. The molecule has 0 saturated carbocycles. The fourth-order valence-electron chi connectivity index (χ4n) is 5.85. The van der Waals surface area contributed by atoms with Crippen LogP contribution in [0.15, 0.2) is 53.8 Å². The normalized spacial score (nSPS) is 17.1. The summed E-state index contributed by atoms with van der Waals surface area (Å²) < 4.78 is 16.5. The number of aromatic nitrogens is 4. The lowest BCUT2D eigenvalue weighted by Crippen LogP contribution is -2.58. The first-order chi connectivity index (χ1) is 20.5. The first-order valence-corrected chi connectivity index (χ1v) is 14.9. The molecule has 0 N–H and O–H groups in total. The van der Waals surface area contributed by atoms with Crippen LogP contribution in [0.3, 0.4) is 0 Å². The molecule has 1 aliphatic heterocycles. The number of halogens is 2. The number of aryl methyl sites for hydroxylation is 2. The zero-order valence-corrected chi connectivity index (χ0v) is 26.1. The van der Waals surface area contributed by atoms with Gasteiger partial charge in [-0.15, -0.1) is 0 Å². The van der Waals surface area contributed by atoms with Crippen LogP contribution in [0.4, 0.5) is 10.2 Å². The number of anilines is 1. The lowest BCUT2D eigenvalue weighted by Gasteiger charge is -2.44. The highest BCUT2D eigenvalue weighted by atomic mass is 35.5. The van der Waals surface area contributed by atoms with Crippen molar-refractivity contribution >= 4 is 34.4 Å². The van der Waals surface area contributed by atoms with Crippen LogP contribution in [0.25, 0.3) is 28.0 Å². The molecule has 2 atom stereocenters. The summed E-state index contributed by atoms with van der Waals surface area (Å²) in [5.41, 5.74) is 3.36. The number of piperazine rings is 1. The number of benzene rings is 1. The van der Waals surface area contributed by atoms with Gasteiger partial charge in [-0.2, -0.15) is 4.98 Å². The number of fused-ring (bicyclic) bond motifs is 1. The Balaban J connectivity index is 1.84. The lowest BCUT2D eigenvalue weighted by molar-refractivity contribution is -0.128. The number of pyridine rings is 2. The summed E-state index contributed by atoms with van der Waals surface area (Å²) in [6.45, 7) is 16.5. The Hall–Kier alpha value is -4.11. The van der Waals surface area contributed by atoms with Gasteiger partial charge >= 0.3 is 5.69 Å². The largest absolute Gasteiger partial charge is 0.355 e. The van der Waals surface area contributed by atoms with Crippen LogP contribution in [-0.4, -0.2) is 55.5 Å². The fraction of sp³-hybridized carbons (Fsp3) is 0.364. The average molecular weight is 603 g/mol. The summed E-state index contributed by atoms with van der Waals surface area (Å²) in [5, 5.41) is 0.771. The third kappa shape index (κ3) is 5.42. The predicted molar refractivity (Wildman–Crippen MR) is 170 cm³/mol. The number of hydrogen-bond acceptors (Lipinski definition) is 6. The predicted octanol–water partition coefficient (Wildman–Crippen LogP) is 6.24. The molecule has 4 aromatic rings. The third-order valence-electron chi connectivity index (χ3n) is 8.04. The van der Waals surface area contributed by atoms with E-state index in [0.29, 0.717) is 35.6 Å². The van der Waals surface area contributed by atoms with Crippen LogP contribution >= 0.6 is 11.6 Å². The maximum atomic E-state index is 15.0. The van der Waals surface area contributed by atoms with Gasteiger partial charge in [0.15, 0.2) is 5.65 Å². The van der Waals surface area contributed by atoms with Crippen molar-refractivity contribution in [1.29, 1.82) is 0 Å². The van der Waals surface area contributed by atoms with Crippen molar-refractivity contribution in [2.45, 2.75) is 66.0 Å². The van der Waals surface area contributed by atoms with E-state index in [4.69, 9.17) is 21.6 Å². The van der Waals surface area contributed by atoms with Crippen molar-refractivity contribution in [3.63, 3.8) is 0 Å². The summed E-state index contributed by atoms with van der Waals surface area (Å²) in [4.78, 5) is 44.9. The minimum Gasteiger partial charge on any atom is -0.349 e. The Morgan fingerprint density at radius 3 is 2.51 bits per heavy atom. The van der Waals surface area contributed by atoms with Gasteiger partial charge in [0.1, 0.15) is 11.6 Å². The van der Waals surface area contributed by atoms with Gasteiger partial charge < -0.3 is 9.80 Å². The Morgan fingerprint density at radius 2 is 1.86 bits per heavy atom. The topological polar surface area (TPSA) is 84.2 Å². The number of amides is 1. The van der Waals surface area contributed by atoms with E-state index in [2.05, 4.69) is 11.6 Å². The average Bonchev–Trinajstić information content (AvgIpc) is 2.97. The van der Waals surface area contributed by atoms with Gasteiger partial charge in [0.25, 0.3) is 0 Å². The molecule has 1 aromatic carbocycles. The molecule has 1 saturated heterocycles. The van der Waals surface area contributed by atoms with Gasteiger partial charge in [0.2, 0.25) is 5.91 Å². The number of rotatable bonds is 6. The van der Waals surface area contributed by atoms with E-state index in [0.717, 1.165) is 23.4 Å². The molecule has 1 fully saturated rings. The minimum absolute atomic E-state index is 0.00323. The summed E-state index contributed by atoms with van der Waals surface area (Å²) in [7, 11) is 0. The SMILES string of the molecule is C=CC(=O)N1CC(C)N(c2nc(=O)n(-c3c(C)cc(CC)nc3C(C)C)c3nc(-c4ccccc4F)c(Cl)cc23)CC1C. The molecule has 3 aromatic heterocycles. The molecular formula is C33H36ClFN6O2. The van der Waals surface area contributed by atoms with Crippen molar-refractivity contribution in [1.82, 2.24) is 24.4 Å². The maximum absolute atomic E-state index is 15.0. The number of carbonyl (C=O) groups excluding carboxylic acids is 1. The molecule has 4 heterocycles. The van der Waals surface area contributed by atoms with Crippen LogP contribution in [0.2, 0.25) is 5.02 Å². The monoisotopic (exact) mass is 602 g/mol. The van der Waals surface area contributed by atoms with Crippen LogP contribution < -0.4 is 10.6 Å². The van der Waals surface area contributed by atoms with Gasteiger partial charge in [-0.3, -0.25) is 9.78 Å². The van der Waals surface area contributed by atoms with Crippen molar-refractivity contribution in [2.75, 3.05) is 18.0 Å². The molecule has 8 nitrogen and oxygen atoms in total. The summed E-state index contributed by atoms with van der Waals surface area (Å²) in [5.74, 6) is -0.210. The molecule has 5 rings (SSSR count). The molecule has 224 valence electrons. The van der Waals surface area contributed by atoms with E-state index in [1.165, 1.54) is 16.7 Å². The molecule has 0 radical (unpaired) electrons. The van der Waals surface area contributed by atoms with E-state index < -0.39 is 11.5 Å². The zero-order valence-electron chi connectivity index (χ0n) is 25.4. The Bertz CT molecular complexity index is 1800. The molecule has 2 unspecified atom stereocenters. The van der Waals surface area contributed by atoms with E-state index in [-0.39, 0.29) is 40.2 Å². The van der Waals surface area contributed by atoms with Crippen molar-refractivity contribution in [3.05, 3.63) is 87.3 Å². The van der Waals surface area contributed by atoms with Crippen LogP contribution in [-0.2, 0) is 11.2 Å². The second-order valence-corrected chi connectivity index (χ2v) is 11.8. The van der Waals surface area contributed by atoms with E-state index in [1.807, 2.05) is 52.5 Å². The minimum atomic E-state index is -0.530. The second kappa shape index (κ2) is 11.9. The Labute approximate surface area is 255 Å². The quantitative estimate of drug-likeness (QED) is 0.243. The number of carbonyl (C=O) groups is 1. The van der Waals surface area contributed by atoms with Crippen LogP contribution in [0, 0.1) is 12.7 Å². The molecule has 0 bridgehead atoms. The number of nitrogens with zero attached hydrogens (tertiary/aromatic N) is 6. The lowest BCUT2D eigenvalue weighted by atomic mass is 10.0. The van der Waals surface area contributed by atoms with Gasteiger partial charge in [0, 0.05) is 36.4 Å².